The van der Waals surface area contributed by atoms with Gasteiger partial charge in [-0.2, -0.15) is 4.98 Å². The van der Waals surface area contributed by atoms with E-state index in [4.69, 9.17) is 16.0 Å². The molecule has 0 saturated carbocycles. The Hall–Kier alpha value is -2.40. The minimum absolute atomic E-state index is 0.0704. The molecule has 1 aliphatic heterocycles. The van der Waals surface area contributed by atoms with E-state index in [-0.39, 0.29) is 22.7 Å². The van der Waals surface area contributed by atoms with Crippen molar-refractivity contribution in [3.05, 3.63) is 30.5 Å². The van der Waals surface area contributed by atoms with E-state index < -0.39 is 34.9 Å². The summed E-state index contributed by atoms with van der Waals surface area (Å²) in [7, 11) is 0. The Morgan fingerprint density at radius 2 is 2.42 bits per heavy atom. The predicted molar refractivity (Wildman–Crippen MR) is 86.7 cm³/mol. The standard InChI is InChI=1S/C12H15N7O4S/c1-2-5(20)6-3-4(17-18-14)10(23-6)19-8-7(24-12(19)22)9(21)16-11(13)15-8/h4-6,10,20H,2-3H2,1H3,(H3,13,15,16,21)/t4?,5?,6-,10+/m0/s1. The molecule has 11 nitrogen and oxygen atoms in total. The molecule has 12 heteroatoms. The fourth-order valence-corrected chi connectivity index (χ4v) is 3.61. The molecule has 1 fully saturated rings. The number of nitrogen functional groups attached to an aromatic ring is 1. The summed E-state index contributed by atoms with van der Waals surface area (Å²) in [5, 5.41) is 13.7. The van der Waals surface area contributed by atoms with E-state index >= 15 is 0 Å². The zero-order valence-corrected chi connectivity index (χ0v) is 13.4. The van der Waals surface area contributed by atoms with Crippen LogP contribution in [0.2, 0.25) is 0 Å². The van der Waals surface area contributed by atoms with Crippen LogP contribution >= 0.6 is 11.3 Å². The molecule has 24 heavy (non-hydrogen) atoms. The molecule has 128 valence electrons. The van der Waals surface area contributed by atoms with Crippen LogP contribution in [0.15, 0.2) is 14.7 Å². The van der Waals surface area contributed by atoms with Crippen molar-refractivity contribution in [1.29, 1.82) is 0 Å². The molecule has 4 N–H and O–H groups in total. The van der Waals surface area contributed by atoms with Crippen molar-refractivity contribution in [1.82, 2.24) is 14.5 Å². The van der Waals surface area contributed by atoms with Crippen LogP contribution in [0.1, 0.15) is 26.0 Å². The van der Waals surface area contributed by atoms with Gasteiger partial charge in [0.15, 0.2) is 5.65 Å². The highest BCUT2D eigenvalue weighted by molar-refractivity contribution is 7.16. The SMILES string of the molecule is CCC(O)[C@@H]1CC(N=[N+]=[N-])[C@H](n2c(=O)sc3c(=O)[nH]c(N)nc32)O1. The number of aliphatic hydroxyl groups excluding tert-OH is 1. The van der Waals surface area contributed by atoms with Gasteiger partial charge >= 0.3 is 4.87 Å². The van der Waals surface area contributed by atoms with Crippen molar-refractivity contribution in [2.45, 2.75) is 44.2 Å². The minimum Gasteiger partial charge on any atom is -0.390 e. The number of nitrogens with one attached hydrogen (secondary N) is 1. The maximum atomic E-state index is 12.4. The number of rotatable bonds is 4. The molecule has 2 aromatic rings. The second-order valence-corrected chi connectivity index (χ2v) is 6.35. The molecule has 0 bridgehead atoms. The number of fused-ring (bicyclic) bond motifs is 1. The van der Waals surface area contributed by atoms with Gasteiger partial charge in [-0.3, -0.25) is 19.1 Å². The first-order chi connectivity index (χ1) is 11.5. The summed E-state index contributed by atoms with van der Waals surface area (Å²) in [5.41, 5.74) is 13.9. The molecule has 3 rings (SSSR count). The van der Waals surface area contributed by atoms with Crippen molar-refractivity contribution in [3.8, 4) is 0 Å². The number of anilines is 1. The number of aliphatic hydroxyl groups is 1. The van der Waals surface area contributed by atoms with Crippen LogP contribution in [0.5, 0.6) is 0 Å². The van der Waals surface area contributed by atoms with Crippen LogP contribution in [0.3, 0.4) is 0 Å². The highest BCUT2D eigenvalue weighted by Crippen LogP contribution is 2.34. The molecule has 1 saturated heterocycles. The van der Waals surface area contributed by atoms with Gasteiger partial charge in [-0.15, -0.1) is 0 Å². The van der Waals surface area contributed by atoms with Crippen molar-refractivity contribution in [2.24, 2.45) is 5.11 Å². The van der Waals surface area contributed by atoms with Gasteiger partial charge in [-0.1, -0.05) is 23.4 Å². The van der Waals surface area contributed by atoms with Gasteiger partial charge in [0.25, 0.3) is 5.56 Å². The molecule has 1 aliphatic rings. The fraction of sp³-hybridized carbons (Fsp3) is 0.583. The van der Waals surface area contributed by atoms with Gasteiger partial charge in [0.05, 0.1) is 18.2 Å². The van der Waals surface area contributed by atoms with Crippen molar-refractivity contribution >= 4 is 27.6 Å². The van der Waals surface area contributed by atoms with Crippen LogP contribution in [-0.4, -0.2) is 37.9 Å². The third kappa shape index (κ3) is 2.65. The topological polar surface area (TPSA) is 172 Å². The number of hydrogen-bond donors (Lipinski definition) is 3. The van der Waals surface area contributed by atoms with Crippen LogP contribution in [0.25, 0.3) is 20.8 Å². The Morgan fingerprint density at radius 1 is 1.67 bits per heavy atom. The number of aromatic amines is 1. The van der Waals surface area contributed by atoms with Crippen molar-refractivity contribution < 1.29 is 9.84 Å². The summed E-state index contributed by atoms with van der Waals surface area (Å²) in [6, 6.07) is -0.709. The number of hydrogen-bond acceptors (Lipinski definition) is 8. The third-order valence-electron chi connectivity index (χ3n) is 3.91. The first kappa shape index (κ1) is 16.5. The number of nitrogens with two attached hydrogens (primary N) is 1. The van der Waals surface area contributed by atoms with E-state index in [1.807, 2.05) is 0 Å². The normalized spacial score (nSPS) is 24.8. The minimum atomic E-state index is -0.956. The Kier molecular flexibility index (Phi) is 4.28. The second-order valence-electron chi connectivity index (χ2n) is 5.39. The zero-order chi connectivity index (χ0) is 17.4. The first-order valence-electron chi connectivity index (χ1n) is 7.24. The van der Waals surface area contributed by atoms with Gasteiger partial charge in [0.1, 0.15) is 10.9 Å². The number of thiazole rings is 1. The molecule has 2 unspecified atom stereocenters. The molecule has 0 aromatic carbocycles. The number of nitrogens with zero attached hydrogens (tertiary/aromatic N) is 5. The molecular weight excluding hydrogens is 338 g/mol. The third-order valence-corrected chi connectivity index (χ3v) is 4.85. The average molecular weight is 353 g/mol. The smallest absolute Gasteiger partial charge is 0.311 e. The lowest BCUT2D eigenvalue weighted by molar-refractivity contribution is -0.0609. The van der Waals surface area contributed by atoms with Gasteiger partial charge in [-0.05, 0) is 18.4 Å². The maximum Gasteiger partial charge on any atom is 0.311 e. The number of ether oxygens (including phenoxy) is 1. The molecule has 0 radical (unpaired) electrons. The van der Waals surface area contributed by atoms with Crippen molar-refractivity contribution in [3.63, 3.8) is 0 Å². The molecule has 0 aliphatic carbocycles. The quantitative estimate of drug-likeness (QED) is 0.409. The van der Waals surface area contributed by atoms with Crippen LogP contribution < -0.4 is 16.2 Å². The highest BCUT2D eigenvalue weighted by Gasteiger charge is 2.40. The molecule has 3 heterocycles. The Balaban J connectivity index is 2.14. The number of H-pyrrole nitrogens is 1. The van der Waals surface area contributed by atoms with Gasteiger partial charge in [0.2, 0.25) is 5.95 Å². The average Bonchev–Trinajstić information content (AvgIpc) is 3.08. The molecule has 4 atom stereocenters. The lowest BCUT2D eigenvalue weighted by Gasteiger charge is -2.19. The maximum absolute atomic E-state index is 12.4. The monoisotopic (exact) mass is 353 g/mol. The van der Waals surface area contributed by atoms with E-state index in [9.17, 15) is 14.7 Å². The molecular formula is C12H15N7O4S. The largest absolute Gasteiger partial charge is 0.390 e. The van der Waals surface area contributed by atoms with E-state index in [1.54, 1.807) is 6.92 Å². The summed E-state index contributed by atoms with van der Waals surface area (Å²) < 4.78 is 7.02. The number of aromatic nitrogens is 3. The van der Waals surface area contributed by atoms with Gasteiger partial charge in [-0.25, -0.2) is 0 Å². The zero-order valence-electron chi connectivity index (χ0n) is 12.6. The Bertz CT molecular complexity index is 928. The fourth-order valence-electron chi connectivity index (χ4n) is 2.76. The van der Waals surface area contributed by atoms with E-state index in [0.29, 0.717) is 17.8 Å². The van der Waals surface area contributed by atoms with E-state index in [0.717, 1.165) is 4.57 Å². The van der Waals surface area contributed by atoms with E-state index in [2.05, 4.69) is 20.0 Å². The molecule has 0 amide bonds. The second kappa shape index (κ2) is 6.24. The van der Waals surface area contributed by atoms with Crippen LogP contribution in [-0.2, 0) is 4.74 Å². The Labute approximate surface area is 138 Å². The lowest BCUT2D eigenvalue weighted by Crippen LogP contribution is -2.28. The summed E-state index contributed by atoms with van der Waals surface area (Å²) in [5.74, 6) is -0.137. The molecule has 0 spiro atoms. The summed E-state index contributed by atoms with van der Waals surface area (Å²) in [4.78, 5) is 32.9. The lowest BCUT2D eigenvalue weighted by atomic mass is 10.1. The van der Waals surface area contributed by atoms with Gasteiger partial charge in [0, 0.05) is 4.91 Å². The van der Waals surface area contributed by atoms with Crippen LogP contribution in [0.4, 0.5) is 5.95 Å². The first-order valence-corrected chi connectivity index (χ1v) is 8.06. The number of azide groups is 1. The van der Waals surface area contributed by atoms with E-state index in [1.165, 1.54) is 0 Å². The summed E-state index contributed by atoms with van der Waals surface area (Å²) in [6.45, 7) is 1.79. The van der Waals surface area contributed by atoms with Gasteiger partial charge < -0.3 is 15.6 Å². The molecule has 2 aromatic heterocycles. The summed E-state index contributed by atoms with van der Waals surface area (Å²) >= 11 is 0.705. The summed E-state index contributed by atoms with van der Waals surface area (Å²) in [6.07, 6.45) is -1.59. The highest BCUT2D eigenvalue weighted by atomic mass is 32.1. The van der Waals surface area contributed by atoms with Crippen LogP contribution in [0, 0.1) is 0 Å². The Morgan fingerprint density at radius 3 is 3.08 bits per heavy atom. The predicted octanol–water partition coefficient (Wildman–Crippen LogP) is 0.466. The van der Waals surface area contributed by atoms with Crippen molar-refractivity contribution in [2.75, 3.05) is 5.73 Å².